The van der Waals surface area contributed by atoms with E-state index in [1.54, 1.807) is 0 Å². The average molecular weight is 231 g/mol. The first-order chi connectivity index (χ1) is 7.87. The summed E-state index contributed by atoms with van der Waals surface area (Å²) in [5.74, 6) is 0. The molecule has 2 heteroatoms. The molecule has 0 bridgehead atoms. The normalized spacial score (nSPS) is 12.3. The molecule has 2 nitrogen and oxygen atoms in total. The zero-order valence-corrected chi connectivity index (χ0v) is 11.3. The Labute approximate surface area is 103 Å². The molecule has 0 saturated heterocycles. The molecule has 1 aromatic carbocycles. The van der Waals surface area contributed by atoms with Crippen molar-refractivity contribution in [1.82, 2.24) is 5.32 Å². The molecular formula is C15H21NO. The summed E-state index contributed by atoms with van der Waals surface area (Å²) in [4.78, 5) is 0. The third kappa shape index (κ3) is 2.70. The third-order valence-electron chi connectivity index (χ3n) is 2.90. The highest BCUT2D eigenvalue weighted by molar-refractivity contribution is 5.85. The molecule has 0 saturated carbocycles. The molecule has 0 unspecified atom stereocenters. The number of nitrogens with one attached hydrogen (secondary N) is 1. The molecule has 1 aromatic heterocycles. The Morgan fingerprint density at radius 2 is 1.88 bits per heavy atom. The standard InChI is InChI=1S/C15H21NO/c1-10-6-11(2)14-12(8-16-15(3,4)5)9-17-13(14)7-10/h6-7,9,16H,8H2,1-5H3. The maximum atomic E-state index is 5.64. The van der Waals surface area contributed by atoms with E-state index in [2.05, 4.69) is 52.1 Å². The minimum absolute atomic E-state index is 0.127. The van der Waals surface area contributed by atoms with Crippen molar-refractivity contribution in [2.45, 2.75) is 46.7 Å². The van der Waals surface area contributed by atoms with Gasteiger partial charge < -0.3 is 9.73 Å². The molecule has 0 radical (unpaired) electrons. The number of hydrogen-bond acceptors (Lipinski definition) is 2. The summed E-state index contributed by atoms with van der Waals surface area (Å²) in [6.07, 6.45) is 1.87. The molecule has 0 aliphatic heterocycles. The molecule has 2 rings (SSSR count). The van der Waals surface area contributed by atoms with Crippen LogP contribution < -0.4 is 5.32 Å². The summed E-state index contributed by atoms with van der Waals surface area (Å²) in [6, 6.07) is 4.31. The lowest BCUT2D eigenvalue weighted by molar-refractivity contribution is 0.423. The molecule has 92 valence electrons. The predicted octanol–water partition coefficient (Wildman–Crippen LogP) is 3.94. The second-order valence-corrected chi connectivity index (χ2v) is 5.82. The molecule has 2 aromatic rings. The number of hydrogen-bond donors (Lipinski definition) is 1. The zero-order valence-electron chi connectivity index (χ0n) is 11.3. The van der Waals surface area contributed by atoms with Gasteiger partial charge >= 0.3 is 0 Å². The van der Waals surface area contributed by atoms with Gasteiger partial charge in [0.25, 0.3) is 0 Å². The lowest BCUT2D eigenvalue weighted by Crippen LogP contribution is -2.34. The topological polar surface area (TPSA) is 25.2 Å². The minimum Gasteiger partial charge on any atom is -0.464 e. The summed E-state index contributed by atoms with van der Waals surface area (Å²) in [5, 5.41) is 4.76. The highest BCUT2D eigenvalue weighted by atomic mass is 16.3. The first kappa shape index (κ1) is 12.2. The first-order valence-electron chi connectivity index (χ1n) is 6.09. The minimum atomic E-state index is 0.127. The van der Waals surface area contributed by atoms with E-state index in [1.165, 1.54) is 22.1 Å². The lowest BCUT2D eigenvalue weighted by Gasteiger charge is -2.20. The molecule has 0 aliphatic carbocycles. The van der Waals surface area contributed by atoms with Crippen molar-refractivity contribution in [3.8, 4) is 0 Å². The summed E-state index contributed by atoms with van der Waals surface area (Å²) < 4.78 is 5.64. The summed E-state index contributed by atoms with van der Waals surface area (Å²) in [5.41, 5.74) is 4.90. The zero-order chi connectivity index (χ0) is 12.6. The van der Waals surface area contributed by atoms with Crippen molar-refractivity contribution in [2.75, 3.05) is 0 Å². The molecular weight excluding hydrogens is 210 g/mol. The van der Waals surface area contributed by atoms with Crippen molar-refractivity contribution in [1.29, 1.82) is 0 Å². The van der Waals surface area contributed by atoms with Crippen LogP contribution in [0.4, 0.5) is 0 Å². The maximum absolute atomic E-state index is 5.64. The Morgan fingerprint density at radius 1 is 1.18 bits per heavy atom. The molecule has 0 aliphatic rings. The molecule has 0 amide bonds. The van der Waals surface area contributed by atoms with Crippen LogP contribution in [0, 0.1) is 13.8 Å². The SMILES string of the molecule is Cc1cc(C)c2c(CNC(C)(C)C)coc2c1. The Hall–Kier alpha value is -1.28. The Morgan fingerprint density at radius 3 is 2.53 bits per heavy atom. The van der Waals surface area contributed by atoms with Crippen molar-refractivity contribution >= 4 is 11.0 Å². The van der Waals surface area contributed by atoms with E-state index < -0.39 is 0 Å². The Bertz CT molecular complexity index is 532. The van der Waals surface area contributed by atoms with E-state index in [1.807, 2.05) is 6.26 Å². The number of furan rings is 1. The molecule has 0 fully saturated rings. The van der Waals surface area contributed by atoms with E-state index in [-0.39, 0.29) is 5.54 Å². The smallest absolute Gasteiger partial charge is 0.134 e. The molecule has 0 atom stereocenters. The highest BCUT2D eigenvalue weighted by Crippen LogP contribution is 2.26. The van der Waals surface area contributed by atoms with Gasteiger partial charge in [-0.1, -0.05) is 6.07 Å². The van der Waals surface area contributed by atoms with Gasteiger partial charge in [-0.15, -0.1) is 0 Å². The van der Waals surface area contributed by atoms with Gasteiger partial charge in [0.15, 0.2) is 0 Å². The number of aryl methyl sites for hydroxylation is 2. The third-order valence-corrected chi connectivity index (χ3v) is 2.90. The molecule has 1 heterocycles. The van der Waals surface area contributed by atoms with Gasteiger partial charge in [0, 0.05) is 23.0 Å². The van der Waals surface area contributed by atoms with Crippen LogP contribution in [0.2, 0.25) is 0 Å². The van der Waals surface area contributed by atoms with Gasteiger partial charge in [-0.3, -0.25) is 0 Å². The first-order valence-corrected chi connectivity index (χ1v) is 6.09. The van der Waals surface area contributed by atoms with Gasteiger partial charge in [-0.05, 0) is 51.8 Å². The quantitative estimate of drug-likeness (QED) is 0.847. The highest BCUT2D eigenvalue weighted by Gasteiger charge is 2.13. The second-order valence-electron chi connectivity index (χ2n) is 5.82. The van der Waals surface area contributed by atoms with Crippen LogP contribution in [0.3, 0.4) is 0 Å². The van der Waals surface area contributed by atoms with Gasteiger partial charge in [0.05, 0.1) is 6.26 Å². The molecule has 1 N–H and O–H groups in total. The summed E-state index contributed by atoms with van der Waals surface area (Å²) >= 11 is 0. The largest absolute Gasteiger partial charge is 0.464 e. The van der Waals surface area contributed by atoms with E-state index in [9.17, 15) is 0 Å². The average Bonchev–Trinajstić information content (AvgIpc) is 2.56. The van der Waals surface area contributed by atoms with Gasteiger partial charge in [-0.2, -0.15) is 0 Å². The van der Waals surface area contributed by atoms with Crippen LogP contribution in [-0.2, 0) is 6.54 Å². The van der Waals surface area contributed by atoms with Gasteiger partial charge in [0.1, 0.15) is 5.58 Å². The monoisotopic (exact) mass is 231 g/mol. The molecule has 17 heavy (non-hydrogen) atoms. The van der Waals surface area contributed by atoms with E-state index in [4.69, 9.17) is 4.42 Å². The number of benzene rings is 1. The van der Waals surface area contributed by atoms with Crippen LogP contribution in [-0.4, -0.2) is 5.54 Å². The van der Waals surface area contributed by atoms with Crippen LogP contribution >= 0.6 is 0 Å². The Kier molecular flexibility index (Phi) is 3.00. The van der Waals surface area contributed by atoms with E-state index >= 15 is 0 Å². The van der Waals surface area contributed by atoms with Crippen LogP contribution in [0.15, 0.2) is 22.8 Å². The van der Waals surface area contributed by atoms with E-state index in [0.717, 1.165) is 12.1 Å². The lowest BCUT2D eigenvalue weighted by atomic mass is 10.0. The van der Waals surface area contributed by atoms with Gasteiger partial charge in [0.2, 0.25) is 0 Å². The van der Waals surface area contributed by atoms with Crippen molar-refractivity contribution < 1.29 is 4.42 Å². The summed E-state index contributed by atoms with van der Waals surface area (Å²) in [7, 11) is 0. The van der Waals surface area contributed by atoms with Crippen molar-refractivity contribution in [2.24, 2.45) is 0 Å². The van der Waals surface area contributed by atoms with E-state index in [0.29, 0.717) is 0 Å². The van der Waals surface area contributed by atoms with Gasteiger partial charge in [-0.25, -0.2) is 0 Å². The van der Waals surface area contributed by atoms with Crippen molar-refractivity contribution in [3.63, 3.8) is 0 Å². The number of fused-ring (bicyclic) bond motifs is 1. The fourth-order valence-corrected chi connectivity index (χ4v) is 2.12. The second kappa shape index (κ2) is 4.19. The van der Waals surface area contributed by atoms with Crippen LogP contribution in [0.5, 0.6) is 0 Å². The predicted molar refractivity (Wildman–Crippen MR) is 72.3 cm³/mol. The summed E-state index contributed by atoms with van der Waals surface area (Å²) in [6.45, 7) is 11.6. The van der Waals surface area contributed by atoms with Crippen LogP contribution in [0.25, 0.3) is 11.0 Å². The fraction of sp³-hybridized carbons (Fsp3) is 0.467. The van der Waals surface area contributed by atoms with Crippen molar-refractivity contribution in [3.05, 3.63) is 35.1 Å². The Balaban J connectivity index is 2.36. The fourth-order valence-electron chi connectivity index (χ4n) is 2.12. The number of rotatable bonds is 2. The molecule has 0 spiro atoms. The maximum Gasteiger partial charge on any atom is 0.134 e. The van der Waals surface area contributed by atoms with Crippen LogP contribution in [0.1, 0.15) is 37.5 Å².